The van der Waals surface area contributed by atoms with Crippen LogP contribution in [0.1, 0.15) is 30.4 Å². The van der Waals surface area contributed by atoms with Gasteiger partial charge in [0, 0.05) is 38.5 Å². The maximum absolute atomic E-state index is 12.3. The lowest BCUT2D eigenvalue weighted by Crippen LogP contribution is -2.59. The molecule has 1 aromatic carbocycles. The van der Waals surface area contributed by atoms with Gasteiger partial charge in [-0.1, -0.05) is 17.7 Å². The lowest BCUT2D eigenvalue weighted by molar-refractivity contribution is -0.117. The van der Waals surface area contributed by atoms with Crippen molar-refractivity contribution in [2.24, 2.45) is 5.92 Å². The number of hydrogen-bond donors (Lipinski definition) is 3. The van der Waals surface area contributed by atoms with E-state index in [0.717, 1.165) is 50.1 Å². The molecule has 1 aromatic rings. The molecular weight excluding hydrogens is 338 g/mol. The van der Waals surface area contributed by atoms with E-state index >= 15 is 0 Å². The van der Waals surface area contributed by atoms with Gasteiger partial charge in [0.05, 0.1) is 16.3 Å². The van der Waals surface area contributed by atoms with Crippen LogP contribution in [-0.2, 0) is 4.79 Å². The largest absolute Gasteiger partial charge is 0.389 e. The molecule has 0 unspecified atom stereocenters. The van der Waals surface area contributed by atoms with E-state index in [9.17, 15) is 9.90 Å². The smallest absolute Gasteiger partial charge is 0.225 e. The van der Waals surface area contributed by atoms with E-state index in [1.165, 1.54) is 0 Å². The number of nitrogens with zero attached hydrogens (tertiary/aromatic N) is 1. The highest BCUT2D eigenvalue weighted by Gasteiger charge is 2.42. The molecule has 0 aromatic heterocycles. The van der Waals surface area contributed by atoms with Gasteiger partial charge in [0.15, 0.2) is 0 Å². The molecule has 3 rings (SSSR count). The second-order valence-corrected chi connectivity index (χ2v) is 7.95. The van der Waals surface area contributed by atoms with Crippen molar-refractivity contribution < 1.29 is 9.90 Å². The zero-order valence-corrected chi connectivity index (χ0v) is 15.8. The van der Waals surface area contributed by atoms with Gasteiger partial charge in [0.25, 0.3) is 0 Å². The molecule has 2 aliphatic heterocycles. The molecule has 0 saturated carbocycles. The van der Waals surface area contributed by atoms with Crippen molar-refractivity contribution in [2.45, 2.75) is 38.7 Å². The number of rotatable bonds is 4. The Morgan fingerprint density at radius 2 is 2.24 bits per heavy atom. The molecule has 5 nitrogen and oxygen atoms in total. The van der Waals surface area contributed by atoms with Crippen molar-refractivity contribution in [3.8, 4) is 0 Å². The summed E-state index contributed by atoms with van der Waals surface area (Å²) in [5, 5.41) is 17.6. The van der Waals surface area contributed by atoms with Gasteiger partial charge in [-0.2, -0.15) is 0 Å². The molecule has 25 heavy (non-hydrogen) atoms. The Morgan fingerprint density at radius 3 is 3.00 bits per heavy atom. The van der Waals surface area contributed by atoms with Crippen molar-refractivity contribution in [2.75, 3.05) is 38.0 Å². The number of carbonyl (C=O) groups excluding carboxylic acids is 1. The zero-order chi connectivity index (χ0) is 18.0. The molecule has 1 amide bonds. The Bertz CT molecular complexity index is 629. The normalized spacial score (nSPS) is 27.0. The minimum atomic E-state index is -0.517. The number of likely N-dealkylation sites (tertiary alicyclic amines) is 1. The molecule has 0 bridgehead atoms. The topological polar surface area (TPSA) is 64.6 Å². The van der Waals surface area contributed by atoms with Crippen LogP contribution < -0.4 is 10.6 Å². The maximum Gasteiger partial charge on any atom is 0.225 e. The van der Waals surface area contributed by atoms with Crippen molar-refractivity contribution >= 4 is 23.2 Å². The second-order valence-electron chi connectivity index (χ2n) is 7.54. The molecule has 3 N–H and O–H groups in total. The lowest BCUT2D eigenvalue weighted by Gasteiger charge is -2.47. The number of piperidine rings is 2. The van der Waals surface area contributed by atoms with E-state index in [4.69, 9.17) is 11.6 Å². The summed E-state index contributed by atoms with van der Waals surface area (Å²) in [5.74, 6) is 0.239. The van der Waals surface area contributed by atoms with Crippen LogP contribution in [0.2, 0.25) is 5.02 Å². The van der Waals surface area contributed by atoms with E-state index in [1.807, 2.05) is 26.0 Å². The molecule has 2 heterocycles. The van der Waals surface area contributed by atoms with Gasteiger partial charge in [-0.05, 0) is 50.4 Å². The van der Waals surface area contributed by atoms with Gasteiger partial charge in [-0.3, -0.25) is 4.79 Å². The Labute approximate surface area is 154 Å². The molecule has 2 atom stereocenters. The number of halogens is 1. The van der Waals surface area contributed by atoms with E-state index in [-0.39, 0.29) is 11.8 Å². The third-order valence-electron chi connectivity index (χ3n) is 5.58. The van der Waals surface area contributed by atoms with Crippen LogP contribution in [0, 0.1) is 19.8 Å². The number of aryl methyl sites for hydroxylation is 2. The molecule has 0 spiro atoms. The second kappa shape index (κ2) is 7.62. The predicted octanol–water partition coefficient (Wildman–Crippen LogP) is 2.33. The molecule has 2 aliphatic rings. The third-order valence-corrected chi connectivity index (χ3v) is 5.87. The fraction of sp³-hybridized carbons (Fsp3) is 0.632. The average molecular weight is 366 g/mol. The van der Waals surface area contributed by atoms with Crippen LogP contribution in [0.25, 0.3) is 0 Å². The molecular formula is C19H28ClN3O2. The first-order chi connectivity index (χ1) is 11.9. The predicted molar refractivity (Wildman–Crippen MR) is 101 cm³/mol. The van der Waals surface area contributed by atoms with Crippen molar-refractivity contribution in [1.82, 2.24) is 10.2 Å². The summed E-state index contributed by atoms with van der Waals surface area (Å²) >= 11 is 6.26. The molecule has 0 aliphatic carbocycles. The van der Waals surface area contributed by atoms with Gasteiger partial charge in [0.1, 0.15) is 0 Å². The average Bonchev–Trinajstić information content (AvgIpc) is 2.56. The first-order valence-corrected chi connectivity index (χ1v) is 9.47. The molecule has 2 fully saturated rings. The van der Waals surface area contributed by atoms with E-state index in [0.29, 0.717) is 23.7 Å². The molecule has 138 valence electrons. The molecule has 2 saturated heterocycles. The number of anilines is 1. The SMILES string of the molecule is Cc1cc(C)c(NC(=O)CCN2CC[C@@]3(O)CCNC[C@H]3C2)c(Cl)c1. The minimum Gasteiger partial charge on any atom is -0.389 e. The van der Waals surface area contributed by atoms with E-state index in [2.05, 4.69) is 15.5 Å². The molecule has 0 radical (unpaired) electrons. The van der Waals surface area contributed by atoms with Crippen LogP contribution >= 0.6 is 11.6 Å². The lowest BCUT2D eigenvalue weighted by atomic mass is 9.76. The number of hydrogen-bond acceptors (Lipinski definition) is 4. The summed E-state index contributed by atoms with van der Waals surface area (Å²) < 4.78 is 0. The van der Waals surface area contributed by atoms with Gasteiger partial charge in [0.2, 0.25) is 5.91 Å². The summed E-state index contributed by atoms with van der Waals surface area (Å²) in [6, 6.07) is 3.88. The Morgan fingerprint density at radius 1 is 1.44 bits per heavy atom. The Hall–Kier alpha value is -1.14. The fourth-order valence-electron chi connectivity index (χ4n) is 4.03. The summed E-state index contributed by atoms with van der Waals surface area (Å²) in [6.07, 6.45) is 2.06. The Kier molecular flexibility index (Phi) is 5.68. The summed E-state index contributed by atoms with van der Waals surface area (Å²) in [7, 11) is 0. The highest BCUT2D eigenvalue weighted by atomic mass is 35.5. The van der Waals surface area contributed by atoms with Crippen LogP contribution in [0.15, 0.2) is 12.1 Å². The van der Waals surface area contributed by atoms with Crippen molar-refractivity contribution in [3.05, 3.63) is 28.3 Å². The zero-order valence-electron chi connectivity index (χ0n) is 15.1. The number of amides is 1. The van der Waals surface area contributed by atoms with E-state index in [1.54, 1.807) is 0 Å². The standard InChI is InChI=1S/C19H28ClN3O2/c1-13-9-14(2)18(16(20)10-13)22-17(24)3-7-23-8-5-19(25)4-6-21-11-15(19)12-23/h9-10,15,21,25H,3-8,11-12H2,1-2H3,(H,22,24)/t15-,19-/m0/s1. The number of benzene rings is 1. The van der Waals surface area contributed by atoms with Crippen LogP contribution in [0.5, 0.6) is 0 Å². The van der Waals surface area contributed by atoms with Gasteiger partial charge < -0.3 is 20.6 Å². The highest BCUT2D eigenvalue weighted by Crippen LogP contribution is 2.33. The van der Waals surface area contributed by atoms with Crippen molar-refractivity contribution in [3.63, 3.8) is 0 Å². The van der Waals surface area contributed by atoms with Crippen LogP contribution in [0.3, 0.4) is 0 Å². The van der Waals surface area contributed by atoms with Crippen molar-refractivity contribution in [1.29, 1.82) is 0 Å². The number of nitrogens with one attached hydrogen (secondary N) is 2. The first-order valence-electron chi connectivity index (χ1n) is 9.09. The fourth-order valence-corrected chi connectivity index (χ4v) is 4.40. The van der Waals surface area contributed by atoms with Gasteiger partial charge in [-0.25, -0.2) is 0 Å². The summed E-state index contributed by atoms with van der Waals surface area (Å²) in [6.45, 7) is 8.11. The molecule has 6 heteroatoms. The van der Waals surface area contributed by atoms with E-state index < -0.39 is 5.60 Å². The van der Waals surface area contributed by atoms with Crippen LogP contribution in [0.4, 0.5) is 5.69 Å². The highest BCUT2D eigenvalue weighted by molar-refractivity contribution is 6.34. The maximum atomic E-state index is 12.3. The Balaban J connectivity index is 1.52. The van der Waals surface area contributed by atoms with Crippen LogP contribution in [-0.4, -0.2) is 54.2 Å². The first kappa shape index (κ1) is 18.6. The summed E-state index contributed by atoms with van der Waals surface area (Å²) in [4.78, 5) is 14.6. The third kappa shape index (κ3) is 4.34. The minimum absolute atomic E-state index is 0.0172. The number of fused-ring (bicyclic) bond motifs is 1. The quantitative estimate of drug-likeness (QED) is 0.766. The van der Waals surface area contributed by atoms with Gasteiger partial charge >= 0.3 is 0 Å². The number of aliphatic hydroxyl groups is 1. The monoisotopic (exact) mass is 365 g/mol. The summed E-state index contributed by atoms with van der Waals surface area (Å²) in [5.41, 5.74) is 2.26. The van der Waals surface area contributed by atoms with Gasteiger partial charge in [-0.15, -0.1) is 0 Å². The number of carbonyl (C=O) groups is 1.